The fourth-order valence-electron chi connectivity index (χ4n) is 2.14. The van der Waals surface area contributed by atoms with Crippen LogP contribution in [0.15, 0.2) is 27.6 Å². The first kappa shape index (κ1) is 13.2. The number of anilines is 1. The van der Waals surface area contributed by atoms with Gasteiger partial charge in [-0.1, -0.05) is 0 Å². The topological polar surface area (TPSA) is 38.0 Å². The Morgan fingerprint density at radius 2 is 2.35 bits per heavy atom. The number of thioether (sulfide) groups is 1. The van der Waals surface area contributed by atoms with Crippen molar-refractivity contribution in [1.29, 1.82) is 0 Å². The Kier molecular flexibility index (Phi) is 5.19. The van der Waals surface area contributed by atoms with Crippen LogP contribution in [-0.4, -0.2) is 18.8 Å². The predicted octanol–water partition coefficient (Wildman–Crippen LogP) is 3.51. The van der Waals surface area contributed by atoms with Crippen LogP contribution in [0.4, 0.5) is 5.69 Å². The van der Waals surface area contributed by atoms with E-state index in [4.69, 9.17) is 5.73 Å². The van der Waals surface area contributed by atoms with Gasteiger partial charge in [0.2, 0.25) is 0 Å². The lowest BCUT2D eigenvalue weighted by Gasteiger charge is -2.22. The number of nitrogens with two attached hydrogens (primary N) is 1. The largest absolute Gasteiger partial charge is 0.399 e. The van der Waals surface area contributed by atoms with Crippen LogP contribution in [0.25, 0.3) is 0 Å². The number of benzene rings is 1. The molecule has 1 aliphatic rings. The molecule has 4 heteroatoms. The van der Waals surface area contributed by atoms with Crippen molar-refractivity contribution < 1.29 is 0 Å². The first-order chi connectivity index (χ1) is 8.25. The molecule has 0 radical (unpaired) electrons. The highest BCUT2D eigenvalue weighted by molar-refractivity contribution is 9.10. The van der Waals surface area contributed by atoms with Gasteiger partial charge in [-0.3, -0.25) is 0 Å². The molecule has 0 amide bonds. The van der Waals surface area contributed by atoms with Crippen LogP contribution in [-0.2, 0) is 0 Å². The van der Waals surface area contributed by atoms with Gasteiger partial charge in [0, 0.05) is 15.1 Å². The SMILES string of the molecule is Nc1ccc(SCCC2CCCNC2)c(Br)c1. The van der Waals surface area contributed by atoms with Gasteiger partial charge in [0.1, 0.15) is 0 Å². The summed E-state index contributed by atoms with van der Waals surface area (Å²) in [6.07, 6.45) is 4.02. The van der Waals surface area contributed by atoms with Crippen LogP contribution in [0.2, 0.25) is 0 Å². The zero-order valence-corrected chi connectivity index (χ0v) is 12.3. The van der Waals surface area contributed by atoms with Crippen molar-refractivity contribution in [3.05, 3.63) is 22.7 Å². The summed E-state index contributed by atoms with van der Waals surface area (Å²) in [6.45, 7) is 2.40. The highest BCUT2D eigenvalue weighted by atomic mass is 79.9. The summed E-state index contributed by atoms with van der Waals surface area (Å²) in [5.41, 5.74) is 6.54. The molecule has 1 heterocycles. The average Bonchev–Trinajstić information content (AvgIpc) is 2.33. The quantitative estimate of drug-likeness (QED) is 0.659. The van der Waals surface area contributed by atoms with Crippen molar-refractivity contribution in [1.82, 2.24) is 5.32 Å². The monoisotopic (exact) mass is 314 g/mol. The van der Waals surface area contributed by atoms with Crippen molar-refractivity contribution in [2.24, 2.45) is 5.92 Å². The number of halogens is 1. The molecule has 1 fully saturated rings. The van der Waals surface area contributed by atoms with E-state index in [1.165, 1.54) is 43.0 Å². The summed E-state index contributed by atoms with van der Waals surface area (Å²) in [5, 5.41) is 3.47. The summed E-state index contributed by atoms with van der Waals surface area (Å²) in [6, 6.07) is 6.04. The molecule has 1 atom stereocenters. The maximum Gasteiger partial charge on any atom is 0.0331 e. The number of rotatable bonds is 4. The highest BCUT2D eigenvalue weighted by Gasteiger charge is 2.12. The van der Waals surface area contributed by atoms with Gasteiger partial charge >= 0.3 is 0 Å². The molecule has 0 saturated carbocycles. The van der Waals surface area contributed by atoms with Gasteiger partial charge in [-0.05, 0) is 78.2 Å². The Morgan fingerprint density at radius 1 is 1.47 bits per heavy atom. The highest BCUT2D eigenvalue weighted by Crippen LogP contribution is 2.30. The second-order valence-electron chi connectivity index (χ2n) is 4.54. The molecule has 1 saturated heterocycles. The molecule has 0 spiro atoms. The van der Waals surface area contributed by atoms with Gasteiger partial charge in [-0.15, -0.1) is 11.8 Å². The van der Waals surface area contributed by atoms with Crippen LogP contribution < -0.4 is 11.1 Å². The number of hydrogen-bond acceptors (Lipinski definition) is 3. The summed E-state index contributed by atoms with van der Waals surface area (Å²) in [4.78, 5) is 1.29. The van der Waals surface area contributed by atoms with Crippen LogP contribution in [0.3, 0.4) is 0 Å². The zero-order chi connectivity index (χ0) is 12.1. The lowest BCUT2D eigenvalue weighted by molar-refractivity contribution is 0.371. The first-order valence-electron chi connectivity index (χ1n) is 6.14. The molecule has 1 unspecified atom stereocenters. The predicted molar refractivity (Wildman–Crippen MR) is 79.5 cm³/mol. The van der Waals surface area contributed by atoms with Gasteiger partial charge in [0.05, 0.1) is 0 Å². The molecule has 1 aromatic carbocycles. The third kappa shape index (κ3) is 4.19. The minimum Gasteiger partial charge on any atom is -0.399 e. The lowest BCUT2D eigenvalue weighted by atomic mass is 9.97. The molecule has 94 valence electrons. The Balaban J connectivity index is 1.77. The molecule has 0 aromatic heterocycles. The molecule has 17 heavy (non-hydrogen) atoms. The van der Waals surface area contributed by atoms with E-state index in [0.717, 1.165) is 16.1 Å². The van der Waals surface area contributed by atoms with E-state index in [9.17, 15) is 0 Å². The molecule has 2 nitrogen and oxygen atoms in total. The lowest BCUT2D eigenvalue weighted by Crippen LogP contribution is -2.29. The maximum atomic E-state index is 5.73. The number of hydrogen-bond donors (Lipinski definition) is 2. The Labute approximate surface area is 116 Å². The average molecular weight is 315 g/mol. The van der Waals surface area contributed by atoms with E-state index in [1.807, 2.05) is 23.9 Å². The van der Waals surface area contributed by atoms with E-state index in [2.05, 4.69) is 27.3 Å². The molecule has 2 rings (SSSR count). The van der Waals surface area contributed by atoms with Crippen molar-refractivity contribution in [3.63, 3.8) is 0 Å². The second-order valence-corrected chi connectivity index (χ2v) is 6.53. The molecular formula is C13H19BrN2S. The summed E-state index contributed by atoms with van der Waals surface area (Å²) in [5.74, 6) is 2.05. The van der Waals surface area contributed by atoms with Gasteiger partial charge in [-0.25, -0.2) is 0 Å². The van der Waals surface area contributed by atoms with Crippen molar-refractivity contribution in [2.75, 3.05) is 24.6 Å². The Hall–Kier alpha value is -0.190. The maximum absolute atomic E-state index is 5.73. The van der Waals surface area contributed by atoms with Gasteiger partial charge in [0.15, 0.2) is 0 Å². The van der Waals surface area contributed by atoms with Gasteiger partial charge in [0.25, 0.3) is 0 Å². The normalized spacial score (nSPS) is 20.4. The Bertz CT molecular complexity index is 364. The van der Waals surface area contributed by atoms with E-state index < -0.39 is 0 Å². The van der Waals surface area contributed by atoms with Gasteiger partial charge < -0.3 is 11.1 Å². The molecule has 0 aliphatic carbocycles. The van der Waals surface area contributed by atoms with Crippen molar-refractivity contribution in [3.8, 4) is 0 Å². The van der Waals surface area contributed by atoms with Crippen molar-refractivity contribution in [2.45, 2.75) is 24.2 Å². The number of piperidine rings is 1. The van der Waals surface area contributed by atoms with Crippen LogP contribution in [0.1, 0.15) is 19.3 Å². The third-order valence-electron chi connectivity index (χ3n) is 3.14. The molecule has 0 bridgehead atoms. The summed E-state index contributed by atoms with van der Waals surface area (Å²) in [7, 11) is 0. The molecule has 3 N–H and O–H groups in total. The van der Waals surface area contributed by atoms with E-state index in [1.54, 1.807) is 0 Å². The molecule has 1 aliphatic heterocycles. The smallest absolute Gasteiger partial charge is 0.0331 e. The standard InChI is InChI=1S/C13H19BrN2S/c14-12-8-11(15)3-4-13(12)17-7-5-10-2-1-6-16-9-10/h3-4,8,10,16H,1-2,5-7,9,15H2. The Morgan fingerprint density at radius 3 is 3.06 bits per heavy atom. The first-order valence-corrected chi connectivity index (χ1v) is 7.92. The van der Waals surface area contributed by atoms with Crippen molar-refractivity contribution >= 4 is 33.4 Å². The number of nitrogens with one attached hydrogen (secondary N) is 1. The van der Waals surface area contributed by atoms with E-state index >= 15 is 0 Å². The van der Waals surface area contributed by atoms with E-state index in [-0.39, 0.29) is 0 Å². The second kappa shape index (κ2) is 6.66. The zero-order valence-electron chi connectivity index (χ0n) is 9.92. The van der Waals surface area contributed by atoms with Crippen LogP contribution in [0, 0.1) is 5.92 Å². The van der Waals surface area contributed by atoms with E-state index in [0.29, 0.717) is 0 Å². The summed E-state index contributed by atoms with van der Waals surface area (Å²) >= 11 is 5.48. The molecular weight excluding hydrogens is 296 g/mol. The number of nitrogen functional groups attached to an aromatic ring is 1. The third-order valence-corrected chi connectivity index (χ3v) is 5.16. The fourth-order valence-corrected chi connectivity index (χ4v) is 3.91. The minimum absolute atomic E-state index is 0.817. The van der Waals surface area contributed by atoms with Crippen LogP contribution in [0.5, 0.6) is 0 Å². The summed E-state index contributed by atoms with van der Waals surface area (Å²) < 4.78 is 1.12. The minimum atomic E-state index is 0.817. The molecule has 1 aromatic rings. The van der Waals surface area contributed by atoms with Crippen LogP contribution >= 0.6 is 27.7 Å². The van der Waals surface area contributed by atoms with Gasteiger partial charge in [-0.2, -0.15) is 0 Å². The fraction of sp³-hybridized carbons (Fsp3) is 0.538.